The second-order valence-electron chi connectivity index (χ2n) is 7.90. The fourth-order valence-electron chi connectivity index (χ4n) is 3.19. The van der Waals surface area contributed by atoms with E-state index in [1.807, 2.05) is 30.3 Å². The van der Waals surface area contributed by atoms with Crippen molar-refractivity contribution in [2.75, 3.05) is 0 Å². The van der Waals surface area contributed by atoms with Gasteiger partial charge < -0.3 is 19.8 Å². The molecule has 2 unspecified atom stereocenters. The van der Waals surface area contributed by atoms with Crippen LogP contribution in [0.5, 0.6) is 11.6 Å². The van der Waals surface area contributed by atoms with Gasteiger partial charge in [-0.3, -0.25) is 9.78 Å². The van der Waals surface area contributed by atoms with Crippen LogP contribution in [0.4, 0.5) is 0 Å². The van der Waals surface area contributed by atoms with Gasteiger partial charge in [-0.15, -0.1) is 0 Å². The lowest BCUT2D eigenvalue weighted by Gasteiger charge is -2.20. The van der Waals surface area contributed by atoms with Crippen molar-refractivity contribution in [3.05, 3.63) is 102 Å². The zero-order chi connectivity index (χ0) is 26.6. The van der Waals surface area contributed by atoms with Crippen molar-refractivity contribution >= 4 is 14.2 Å². The first-order chi connectivity index (χ1) is 17.9. The number of nitrogens with zero attached hydrogens (tertiary/aromatic N) is 3. The highest BCUT2D eigenvalue weighted by molar-refractivity contribution is 7.32. The minimum Gasteiger partial charge on any atom is -0.493 e. The number of carbonyl (C=O) groups excluding carboxylic acids is 1. The predicted molar refractivity (Wildman–Crippen MR) is 142 cm³/mol. The van der Waals surface area contributed by atoms with Crippen molar-refractivity contribution in [2.24, 2.45) is 0 Å². The molecule has 0 bridgehead atoms. The monoisotopic (exact) mass is 520 g/mol. The second-order valence-corrected chi connectivity index (χ2v) is 8.64. The lowest BCUT2D eigenvalue weighted by atomic mass is 9.98. The lowest BCUT2D eigenvalue weighted by molar-refractivity contribution is 0.0939. The summed E-state index contributed by atoms with van der Waals surface area (Å²) < 4.78 is 15.8. The maximum atomic E-state index is 13.0. The van der Waals surface area contributed by atoms with E-state index in [4.69, 9.17) is 9.42 Å². The Labute approximate surface area is 216 Å². The van der Waals surface area contributed by atoms with Crippen molar-refractivity contribution in [3.63, 3.8) is 0 Å². The summed E-state index contributed by atoms with van der Waals surface area (Å²) in [5, 5.41) is 13.3. The molecular weight excluding hydrogens is 491 g/mol. The van der Waals surface area contributed by atoms with E-state index in [9.17, 15) is 14.5 Å². The summed E-state index contributed by atoms with van der Waals surface area (Å²) in [6, 6.07) is 20.3. The third-order valence-corrected chi connectivity index (χ3v) is 5.64. The van der Waals surface area contributed by atoms with E-state index in [1.165, 1.54) is 19.0 Å². The second kappa shape index (κ2) is 13.9. The zero-order valence-corrected chi connectivity index (χ0v) is 21.5. The summed E-state index contributed by atoms with van der Waals surface area (Å²) in [5.41, 5.74) is 1.87. The van der Waals surface area contributed by atoms with Gasteiger partial charge in [0.15, 0.2) is 5.82 Å². The van der Waals surface area contributed by atoms with Crippen LogP contribution in [0, 0.1) is 0 Å². The molecule has 0 aliphatic rings. The molecule has 0 saturated carbocycles. The smallest absolute Gasteiger partial charge is 0.365 e. The molecule has 3 N–H and O–H groups in total. The van der Waals surface area contributed by atoms with Gasteiger partial charge in [0, 0.05) is 12.4 Å². The highest BCUT2D eigenvalue weighted by Gasteiger charge is 2.21. The lowest BCUT2D eigenvalue weighted by Crippen LogP contribution is -2.29. The molecule has 10 heteroatoms. The average molecular weight is 521 g/mol. The quantitative estimate of drug-likeness (QED) is 0.265. The van der Waals surface area contributed by atoms with Crippen molar-refractivity contribution in [3.8, 4) is 23.1 Å². The molecule has 2 aromatic heterocycles. The number of nitrogens with one attached hydrogen (secondary N) is 1. The Bertz CT molecular complexity index is 1300. The van der Waals surface area contributed by atoms with Gasteiger partial charge in [0.2, 0.25) is 5.88 Å². The summed E-state index contributed by atoms with van der Waals surface area (Å²) in [6.07, 6.45) is 5.47. The van der Waals surface area contributed by atoms with Crippen LogP contribution in [0.15, 0.2) is 85.2 Å². The number of pyridine rings is 1. The number of unbranched alkanes of at least 4 members (excludes halogenated alkanes) is 1. The van der Waals surface area contributed by atoms with Gasteiger partial charge in [0.25, 0.3) is 5.91 Å². The molecule has 0 spiro atoms. The molecule has 9 nitrogen and oxygen atoms in total. The molecule has 2 aromatic carbocycles. The molecule has 0 fully saturated rings. The fraction of sp³-hybridized carbons (Fsp3) is 0.185. The third-order valence-electron chi connectivity index (χ3n) is 5.23. The van der Waals surface area contributed by atoms with Gasteiger partial charge in [0.05, 0.1) is 6.04 Å². The molecule has 2 atom stereocenters. The summed E-state index contributed by atoms with van der Waals surface area (Å²) in [7, 11) is -3.12. The number of aromatic hydroxyl groups is 1. The minimum absolute atomic E-state index is 0.0885. The molecule has 37 heavy (non-hydrogen) atoms. The number of rotatable bonds is 8. The predicted octanol–water partition coefficient (Wildman–Crippen LogP) is 5.33. The van der Waals surface area contributed by atoms with E-state index in [2.05, 4.69) is 34.1 Å². The van der Waals surface area contributed by atoms with Crippen LogP contribution < -0.4 is 9.84 Å². The van der Waals surface area contributed by atoms with Crippen LogP contribution in [-0.2, 0) is 4.57 Å². The number of aromatic nitrogens is 3. The van der Waals surface area contributed by atoms with E-state index < -0.39 is 26.1 Å². The Kier molecular flexibility index (Phi) is 10.3. The third kappa shape index (κ3) is 7.96. The van der Waals surface area contributed by atoms with Crippen LogP contribution in [0.1, 0.15) is 54.2 Å². The van der Waals surface area contributed by atoms with Gasteiger partial charge in [-0.1, -0.05) is 75.2 Å². The maximum Gasteiger partial charge on any atom is 0.365 e. The van der Waals surface area contributed by atoms with E-state index in [0.717, 1.165) is 5.56 Å². The average Bonchev–Trinajstić information content (AvgIpc) is 2.93. The molecule has 0 radical (unpaired) electrons. The number of carbonyl (C=O) groups is 1. The van der Waals surface area contributed by atoms with E-state index in [1.54, 1.807) is 48.7 Å². The first-order valence-electron chi connectivity index (χ1n) is 11.8. The first-order valence-corrected chi connectivity index (χ1v) is 13.0. The number of amides is 1. The minimum atomic E-state index is -3.12. The molecule has 192 valence electrons. The largest absolute Gasteiger partial charge is 0.493 e. The van der Waals surface area contributed by atoms with Crippen molar-refractivity contribution in [2.45, 2.75) is 32.7 Å². The molecule has 0 saturated heterocycles. The van der Waals surface area contributed by atoms with Gasteiger partial charge in [-0.25, -0.2) is 9.55 Å². The standard InChI is InChI=1S/C23H19N4O5P.C4H10/c28-22(18-14-25-21(27-23(18)29)19-8-4-5-13-24-19)26-20(15-6-2-1-3-7-15)16-9-11-17(12-10-16)32-33(30)31;1-3-4-2/h1-14,20,33H,(H,26,28)(H,30,31)(H,25,27,29);3-4H2,1-2H3. The van der Waals surface area contributed by atoms with E-state index >= 15 is 0 Å². The van der Waals surface area contributed by atoms with Crippen LogP contribution in [0.25, 0.3) is 11.5 Å². The highest BCUT2D eigenvalue weighted by atomic mass is 31.1. The Balaban J connectivity index is 0.000000886. The summed E-state index contributed by atoms with van der Waals surface area (Å²) in [5.74, 6) is -0.608. The number of hydrogen-bond donors (Lipinski definition) is 3. The van der Waals surface area contributed by atoms with Crippen molar-refractivity contribution < 1.29 is 23.9 Å². The molecular formula is C27H29N4O5P. The highest BCUT2D eigenvalue weighted by Crippen LogP contribution is 2.28. The maximum absolute atomic E-state index is 13.0. The summed E-state index contributed by atoms with van der Waals surface area (Å²) >= 11 is 0. The number of hydrogen-bond acceptors (Lipinski definition) is 7. The van der Waals surface area contributed by atoms with Crippen molar-refractivity contribution in [1.29, 1.82) is 0 Å². The summed E-state index contributed by atoms with van der Waals surface area (Å²) in [4.78, 5) is 34.3. The first kappa shape index (κ1) is 27.5. The topological polar surface area (TPSA) is 135 Å². The Hall–Kier alpha value is -4.07. The fourth-order valence-corrected chi connectivity index (χ4v) is 3.53. The normalized spacial score (nSPS) is 12.0. The Morgan fingerprint density at radius 2 is 1.59 bits per heavy atom. The summed E-state index contributed by atoms with van der Waals surface area (Å²) in [6.45, 7) is 4.36. The molecule has 4 aromatic rings. The zero-order valence-electron chi connectivity index (χ0n) is 20.5. The van der Waals surface area contributed by atoms with E-state index in [-0.39, 0.29) is 17.1 Å². The van der Waals surface area contributed by atoms with Gasteiger partial charge in [0.1, 0.15) is 17.0 Å². The van der Waals surface area contributed by atoms with Crippen LogP contribution in [0.2, 0.25) is 0 Å². The Morgan fingerprint density at radius 1 is 0.946 bits per heavy atom. The van der Waals surface area contributed by atoms with Crippen LogP contribution in [0.3, 0.4) is 0 Å². The molecule has 2 heterocycles. The van der Waals surface area contributed by atoms with Crippen molar-refractivity contribution in [1.82, 2.24) is 20.3 Å². The van der Waals surface area contributed by atoms with Gasteiger partial charge in [-0.05, 0) is 35.4 Å². The van der Waals surface area contributed by atoms with Gasteiger partial charge in [-0.2, -0.15) is 4.98 Å². The number of benzene rings is 2. The molecule has 4 rings (SSSR count). The molecule has 1 amide bonds. The Morgan fingerprint density at radius 3 is 2.16 bits per heavy atom. The van der Waals surface area contributed by atoms with Gasteiger partial charge >= 0.3 is 8.25 Å². The molecule has 0 aliphatic heterocycles. The van der Waals surface area contributed by atoms with Crippen LogP contribution >= 0.6 is 8.25 Å². The van der Waals surface area contributed by atoms with E-state index in [0.29, 0.717) is 11.3 Å². The SMILES string of the molecule is CCCC.O=C(NC(c1ccccc1)c1ccc(O[PH](=O)O)cc1)c1cnc(-c2ccccn2)nc1O. The molecule has 0 aliphatic carbocycles. The van der Waals surface area contributed by atoms with Crippen LogP contribution in [-0.4, -0.2) is 30.9 Å².